The molecule has 1 atom stereocenters. The Morgan fingerprint density at radius 1 is 1.28 bits per heavy atom. The minimum absolute atomic E-state index is 0.0348. The number of hydrogen-bond acceptors (Lipinski definition) is 4. The molecule has 1 rings (SSSR count). The molecule has 4 nitrogen and oxygen atoms in total. The monoisotopic (exact) mass is 271 g/mol. The molecule has 0 aromatic heterocycles. The molecule has 0 fully saturated rings. The van der Waals surface area contributed by atoms with E-state index >= 15 is 0 Å². The lowest BCUT2D eigenvalue weighted by Gasteiger charge is -2.11. The largest absolute Gasteiger partial charge is 0.493 e. The molecular weight excluding hydrogens is 250 g/mol. The van der Waals surface area contributed by atoms with Gasteiger partial charge in [-0.05, 0) is 38.5 Å². The van der Waals surface area contributed by atoms with Crippen molar-refractivity contribution in [1.29, 1.82) is 0 Å². The summed E-state index contributed by atoms with van der Waals surface area (Å²) in [6.07, 6.45) is 0. The summed E-state index contributed by atoms with van der Waals surface area (Å²) in [6.45, 7) is 5.41. The summed E-state index contributed by atoms with van der Waals surface area (Å²) in [5, 5.41) is -0.364. The van der Waals surface area contributed by atoms with Gasteiger partial charge in [0.25, 0.3) is 0 Å². The first-order valence-electron chi connectivity index (χ1n) is 6.03. The van der Waals surface area contributed by atoms with Crippen LogP contribution in [0.5, 0.6) is 5.75 Å². The van der Waals surface area contributed by atoms with Gasteiger partial charge in [-0.3, -0.25) is 0 Å². The van der Waals surface area contributed by atoms with E-state index in [4.69, 9.17) is 10.5 Å². The van der Waals surface area contributed by atoms with Gasteiger partial charge in [-0.25, -0.2) is 8.42 Å². The number of nitrogens with two attached hydrogens (primary N) is 1. The second-order valence-electron chi connectivity index (χ2n) is 4.63. The molecule has 0 saturated carbocycles. The van der Waals surface area contributed by atoms with Crippen molar-refractivity contribution in [3.05, 3.63) is 29.8 Å². The molecule has 0 aliphatic carbocycles. The van der Waals surface area contributed by atoms with Crippen molar-refractivity contribution >= 4 is 9.84 Å². The maximum Gasteiger partial charge on any atom is 0.155 e. The van der Waals surface area contributed by atoms with Crippen LogP contribution in [0.25, 0.3) is 0 Å². The SMILES string of the molecule is CC(N)c1cccc(OCCS(=O)(=O)C(C)C)c1. The minimum atomic E-state index is -3.04. The molecule has 0 radical (unpaired) electrons. The molecule has 0 bridgehead atoms. The van der Waals surface area contributed by atoms with Crippen molar-refractivity contribution in [2.24, 2.45) is 5.73 Å². The minimum Gasteiger partial charge on any atom is -0.493 e. The van der Waals surface area contributed by atoms with Crippen molar-refractivity contribution in [2.75, 3.05) is 12.4 Å². The van der Waals surface area contributed by atoms with Crippen LogP contribution in [0.2, 0.25) is 0 Å². The van der Waals surface area contributed by atoms with Crippen molar-refractivity contribution in [3.8, 4) is 5.75 Å². The summed E-state index contributed by atoms with van der Waals surface area (Å²) >= 11 is 0. The highest BCUT2D eigenvalue weighted by Crippen LogP contribution is 2.17. The van der Waals surface area contributed by atoms with Crippen LogP contribution in [0.3, 0.4) is 0 Å². The van der Waals surface area contributed by atoms with Crippen molar-refractivity contribution in [2.45, 2.75) is 32.1 Å². The van der Waals surface area contributed by atoms with Gasteiger partial charge in [0.1, 0.15) is 12.4 Å². The van der Waals surface area contributed by atoms with Gasteiger partial charge in [0, 0.05) is 6.04 Å². The molecule has 0 heterocycles. The van der Waals surface area contributed by atoms with Crippen LogP contribution in [0.4, 0.5) is 0 Å². The highest BCUT2D eigenvalue weighted by atomic mass is 32.2. The normalized spacial score (nSPS) is 13.6. The highest BCUT2D eigenvalue weighted by Gasteiger charge is 2.15. The zero-order chi connectivity index (χ0) is 13.8. The van der Waals surface area contributed by atoms with Crippen LogP contribution in [-0.4, -0.2) is 26.0 Å². The predicted octanol–water partition coefficient (Wildman–Crippen LogP) is 1.91. The molecule has 1 unspecified atom stereocenters. The lowest BCUT2D eigenvalue weighted by molar-refractivity contribution is 0.340. The van der Waals surface area contributed by atoms with Crippen LogP contribution < -0.4 is 10.5 Å². The van der Waals surface area contributed by atoms with Crippen molar-refractivity contribution in [1.82, 2.24) is 0 Å². The molecule has 18 heavy (non-hydrogen) atoms. The first-order chi connectivity index (χ1) is 8.33. The van der Waals surface area contributed by atoms with E-state index in [1.807, 2.05) is 25.1 Å². The Bertz CT molecular complexity index is 481. The molecule has 5 heteroatoms. The van der Waals surface area contributed by atoms with Crippen LogP contribution in [0.15, 0.2) is 24.3 Å². The number of benzene rings is 1. The van der Waals surface area contributed by atoms with Gasteiger partial charge in [-0.15, -0.1) is 0 Å². The quantitative estimate of drug-likeness (QED) is 0.858. The van der Waals surface area contributed by atoms with Gasteiger partial charge in [-0.2, -0.15) is 0 Å². The average molecular weight is 271 g/mol. The summed E-state index contributed by atoms with van der Waals surface area (Å²) in [5.74, 6) is 0.691. The van der Waals surface area contributed by atoms with Crippen LogP contribution in [0.1, 0.15) is 32.4 Å². The Kier molecular flexibility index (Phi) is 5.16. The third-order valence-electron chi connectivity index (χ3n) is 2.74. The Morgan fingerprint density at radius 2 is 1.94 bits per heavy atom. The van der Waals surface area contributed by atoms with Gasteiger partial charge in [0.05, 0.1) is 11.0 Å². The van der Waals surface area contributed by atoms with E-state index in [1.54, 1.807) is 19.9 Å². The molecule has 0 saturated heterocycles. The van der Waals surface area contributed by atoms with Gasteiger partial charge >= 0.3 is 0 Å². The molecule has 0 spiro atoms. The first kappa shape index (κ1) is 15.0. The van der Waals surface area contributed by atoms with E-state index in [1.165, 1.54) is 0 Å². The third-order valence-corrected chi connectivity index (χ3v) is 4.91. The number of sulfone groups is 1. The van der Waals surface area contributed by atoms with Gasteiger partial charge < -0.3 is 10.5 Å². The number of rotatable bonds is 6. The fraction of sp³-hybridized carbons (Fsp3) is 0.538. The van der Waals surface area contributed by atoms with E-state index in [2.05, 4.69) is 0 Å². The molecule has 0 aliphatic heterocycles. The Hall–Kier alpha value is -1.07. The third kappa shape index (κ3) is 4.31. The van der Waals surface area contributed by atoms with Crippen LogP contribution in [0, 0.1) is 0 Å². The lowest BCUT2D eigenvalue weighted by Crippen LogP contribution is -2.22. The lowest BCUT2D eigenvalue weighted by atomic mass is 10.1. The molecule has 0 aliphatic rings. The fourth-order valence-corrected chi connectivity index (χ4v) is 2.19. The van der Waals surface area contributed by atoms with E-state index in [-0.39, 0.29) is 23.7 Å². The van der Waals surface area contributed by atoms with Crippen LogP contribution in [-0.2, 0) is 9.84 Å². The first-order valence-corrected chi connectivity index (χ1v) is 7.74. The van der Waals surface area contributed by atoms with Crippen molar-refractivity contribution < 1.29 is 13.2 Å². The summed E-state index contributed by atoms with van der Waals surface area (Å²) < 4.78 is 28.6. The summed E-state index contributed by atoms with van der Waals surface area (Å²) in [4.78, 5) is 0. The topological polar surface area (TPSA) is 69.4 Å². The summed E-state index contributed by atoms with van der Waals surface area (Å²) in [6, 6.07) is 7.35. The van der Waals surface area contributed by atoms with Gasteiger partial charge in [0.2, 0.25) is 0 Å². The molecule has 2 N–H and O–H groups in total. The second-order valence-corrected chi connectivity index (χ2v) is 7.30. The van der Waals surface area contributed by atoms with E-state index in [9.17, 15) is 8.42 Å². The Labute approximate surface area is 109 Å². The van der Waals surface area contributed by atoms with Crippen molar-refractivity contribution in [3.63, 3.8) is 0 Å². The van der Waals surface area contributed by atoms with Crippen LogP contribution >= 0.6 is 0 Å². The average Bonchev–Trinajstić information content (AvgIpc) is 2.29. The molecular formula is C13H21NO3S. The standard InChI is InChI=1S/C13H21NO3S/c1-10(2)18(15,16)8-7-17-13-6-4-5-12(9-13)11(3)14/h4-6,9-11H,7-8,14H2,1-3H3. The maximum absolute atomic E-state index is 11.6. The molecule has 1 aromatic carbocycles. The van der Waals surface area contributed by atoms with Gasteiger partial charge in [-0.1, -0.05) is 12.1 Å². The highest BCUT2D eigenvalue weighted by molar-refractivity contribution is 7.91. The molecule has 1 aromatic rings. The maximum atomic E-state index is 11.6. The smallest absolute Gasteiger partial charge is 0.155 e. The second kappa shape index (κ2) is 6.20. The molecule has 0 amide bonds. The Morgan fingerprint density at radius 3 is 2.50 bits per heavy atom. The van der Waals surface area contributed by atoms with E-state index < -0.39 is 9.84 Å². The zero-order valence-electron chi connectivity index (χ0n) is 11.1. The Balaban J connectivity index is 2.57. The zero-order valence-corrected chi connectivity index (χ0v) is 11.9. The molecule has 102 valence electrons. The number of hydrogen-bond donors (Lipinski definition) is 1. The number of ether oxygens (including phenoxy) is 1. The van der Waals surface area contributed by atoms with Gasteiger partial charge in [0.15, 0.2) is 9.84 Å². The predicted molar refractivity (Wildman–Crippen MR) is 73.5 cm³/mol. The van der Waals surface area contributed by atoms with E-state index in [0.29, 0.717) is 5.75 Å². The summed E-state index contributed by atoms with van der Waals surface area (Å²) in [7, 11) is -3.04. The summed E-state index contributed by atoms with van der Waals surface area (Å²) in [5.41, 5.74) is 6.74. The van der Waals surface area contributed by atoms with E-state index in [0.717, 1.165) is 5.56 Å². The fourth-order valence-electron chi connectivity index (χ4n) is 1.40.